The molecule has 1 amide bonds. The number of nitrogens with two attached hydrogens (primary N) is 1. The van der Waals surface area contributed by atoms with E-state index in [4.69, 9.17) is 5.73 Å². The molecule has 2 heterocycles. The molecule has 0 aliphatic carbocycles. The molecule has 0 fully saturated rings. The molecule has 72 valence electrons. The number of aldehydes is 1. The molecule has 0 saturated carbocycles. The van der Waals surface area contributed by atoms with Gasteiger partial charge >= 0.3 is 0 Å². The second kappa shape index (κ2) is 3.02. The third-order valence-electron chi connectivity index (χ3n) is 1.84. The predicted molar refractivity (Wildman–Crippen MR) is 49.3 cm³/mol. The number of rotatable bonds is 1. The van der Waals surface area contributed by atoms with Crippen LogP contribution in [0.5, 0.6) is 0 Å². The number of fused-ring (bicyclic) bond motifs is 1. The first-order chi connectivity index (χ1) is 6.70. The molecular weight excluding hydrogens is 186 g/mol. The fourth-order valence-corrected chi connectivity index (χ4v) is 1.23. The Morgan fingerprint density at radius 3 is 3.00 bits per heavy atom. The summed E-state index contributed by atoms with van der Waals surface area (Å²) in [5.41, 5.74) is 5.46. The maximum absolute atomic E-state index is 11.3. The molecule has 0 bridgehead atoms. The number of hydrogen-bond donors (Lipinski definition) is 2. The summed E-state index contributed by atoms with van der Waals surface area (Å²) in [6, 6.07) is -0.771. The SMILES string of the molecule is NC1=NC2N=CC(C=O)=NC2C(=O)N1. The topological polar surface area (TPSA) is 109 Å². The number of nitrogens with zero attached hydrogens (tertiary/aromatic N) is 3. The number of amides is 1. The standard InChI is InChI=1S/C7H7N5O2/c8-7-11-5-4(6(14)12-7)10-3(2-13)1-9-5/h1-2,4-5H,(H3,8,11,12,14). The lowest BCUT2D eigenvalue weighted by Gasteiger charge is -2.24. The van der Waals surface area contributed by atoms with E-state index in [1.165, 1.54) is 6.21 Å². The van der Waals surface area contributed by atoms with Crippen molar-refractivity contribution >= 4 is 30.1 Å². The lowest BCUT2D eigenvalue weighted by Crippen LogP contribution is -2.52. The molecule has 3 N–H and O–H groups in total. The zero-order chi connectivity index (χ0) is 10.1. The van der Waals surface area contributed by atoms with Gasteiger partial charge in [0.25, 0.3) is 5.91 Å². The van der Waals surface area contributed by atoms with Gasteiger partial charge in [-0.1, -0.05) is 0 Å². The van der Waals surface area contributed by atoms with Crippen LogP contribution >= 0.6 is 0 Å². The van der Waals surface area contributed by atoms with Gasteiger partial charge in [0, 0.05) is 0 Å². The molecule has 2 aliphatic heterocycles. The first kappa shape index (κ1) is 8.54. The largest absolute Gasteiger partial charge is 0.370 e. The maximum Gasteiger partial charge on any atom is 0.255 e. The molecule has 0 aromatic rings. The zero-order valence-corrected chi connectivity index (χ0v) is 7.04. The van der Waals surface area contributed by atoms with Crippen LogP contribution in [0.2, 0.25) is 0 Å². The van der Waals surface area contributed by atoms with Crippen molar-refractivity contribution in [1.29, 1.82) is 0 Å². The second-order valence-corrected chi connectivity index (χ2v) is 2.81. The molecule has 2 unspecified atom stereocenters. The molecule has 0 spiro atoms. The Morgan fingerprint density at radius 1 is 1.50 bits per heavy atom. The Morgan fingerprint density at radius 2 is 2.29 bits per heavy atom. The minimum atomic E-state index is -0.771. The van der Waals surface area contributed by atoms with Crippen molar-refractivity contribution in [2.75, 3.05) is 0 Å². The maximum atomic E-state index is 11.3. The number of carbonyl (C=O) groups is 2. The number of guanidine groups is 1. The number of carbonyl (C=O) groups excluding carboxylic acids is 2. The summed E-state index contributed by atoms with van der Waals surface area (Å²) in [5.74, 6) is -0.364. The van der Waals surface area contributed by atoms with Crippen LogP contribution in [0.1, 0.15) is 0 Å². The minimum Gasteiger partial charge on any atom is -0.370 e. The van der Waals surface area contributed by atoms with Crippen LogP contribution < -0.4 is 11.1 Å². The van der Waals surface area contributed by atoms with E-state index in [0.29, 0.717) is 6.29 Å². The fraction of sp³-hybridized carbons (Fsp3) is 0.286. The summed E-state index contributed by atoms with van der Waals surface area (Å²) in [6.45, 7) is 0. The molecule has 0 radical (unpaired) electrons. The van der Waals surface area contributed by atoms with Gasteiger partial charge in [-0.2, -0.15) is 0 Å². The number of nitrogens with one attached hydrogen (secondary N) is 1. The average molecular weight is 193 g/mol. The molecule has 14 heavy (non-hydrogen) atoms. The molecule has 2 rings (SSSR count). The minimum absolute atomic E-state index is 0.0261. The number of aliphatic imine (C=N–C) groups is 3. The molecule has 0 saturated heterocycles. The second-order valence-electron chi connectivity index (χ2n) is 2.81. The monoisotopic (exact) mass is 193 g/mol. The van der Waals surface area contributed by atoms with E-state index < -0.39 is 18.1 Å². The summed E-state index contributed by atoms with van der Waals surface area (Å²) in [6.07, 6.45) is 1.19. The van der Waals surface area contributed by atoms with E-state index in [9.17, 15) is 9.59 Å². The van der Waals surface area contributed by atoms with Crippen molar-refractivity contribution in [3.63, 3.8) is 0 Å². The van der Waals surface area contributed by atoms with Crippen LogP contribution in [0.4, 0.5) is 0 Å². The third kappa shape index (κ3) is 1.28. The molecule has 0 aromatic heterocycles. The van der Waals surface area contributed by atoms with Gasteiger partial charge in [0.2, 0.25) is 0 Å². The van der Waals surface area contributed by atoms with Gasteiger partial charge in [-0.25, -0.2) is 4.99 Å². The van der Waals surface area contributed by atoms with Crippen LogP contribution in [0, 0.1) is 0 Å². The Balaban J connectivity index is 2.34. The summed E-state index contributed by atoms with van der Waals surface area (Å²) in [5, 5.41) is 2.32. The van der Waals surface area contributed by atoms with E-state index in [2.05, 4.69) is 20.3 Å². The van der Waals surface area contributed by atoms with Crippen molar-refractivity contribution in [1.82, 2.24) is 5.32 Å². The van der Waals surface area contributed by atoms with Crippen LogP contribution in [-0.4, -0.2) is 42.3 Å². The lowest BCUT2D eigenvalue weighted by atomic mass is 10.1. The van der Waals surface area contributed by atoms with E-state index in [-0.39, 0.29) is 11.7 Å². The van der Waals surface area contributed by atoms with Crippen molar-refractivity contribution in [3.05, 3.63) is 0 Å². The van der Waals surface area contributed by atoms with Gasteiger partial charge < -0.3 is 5.73 Å². The van der Waals surface area contributed by atoms with E-state index >= 15 is 0 Å². The van der Waals surface area contributed by atoms with Gasteiger partial charge in [0.15, 0.2) is 24.5 Å². The Bertz CT molecular complexity index is 384. The van der Waals surface area contributed by atoms with Gasteiger partial charge in [-0.3, -0.25) is 24.9 Å². The fourth-order valence-electron chi connectivity index (χ4n) is 1.23. The van der Waals surface area contributed by atoms with E-state index in [1.54, 1.807) is 0 Å². The summed E-state index contributed by atoms with van der Waals surface area (Å²) >= 11 is 0. The van der Waals surface area contributed by atoms with Gasteiger partial charge in [-0.15, -0.1) is 0 Å². The first-order valence-corrected chi connectivity index (χ1v) is 3.91. The summed E-state index contributed by atoms with van der Waals surface area (Å²) in [7, 11) is 0. The smallest absolute Gasteiger partial charge is 0.255 e. The highest BCUT2D eigenvalue weighted by molar-refractivity contribution is 6.55. The van der Waals surface area contributed by atoms with Crippen molar-refractivity contribution in [2.45, 2.75) is 12.2 Å². The van der Waals surface area contributed by atoms with Crippen LogP contribution in [0.3, 0.4) is 0 Å². The molecular formula is C7H7N5O2. The Kier molecular flexibility index (Phi) is 1.84. The average Bonchev–Trinajstić information content (AvgIpc) is 2.17. The highest BCUT2D eigenvalue weighted by Gasteiger charge is 2.33. The highest BCUT2D eigenvalue weighted by Crippen LogP contribution is 2.12. The normalized spacial score (nSPS) is 29.9. The Labute approximate surface area is 78.8 Å². The molecule has 0 aromatic carbocycles. The first-order valence-electron chi connectivity index (χ1n) is 3.91. The van der Waals surface area contributed by atoms with Gasteiger partial charge in [-0.05, 0) is 0 Å². The van der Waals surface area contributed by atoms with Crippen molar-refractivity contribution < 1.29 is 9.59 Å². The van der Waals surface area contributed by atoms with Crippen molar-refractivity contribution in [2.24, 2.45) is 20.7 Å². The summed E-state index contributed by atoms with van der Waals surface area (Å²) in [4.78, 5) is 33.3. The van der Waals surface area contributed by atoms with E-state index in [0.717, 1.165) is 0 Å². The van der Waals surface area contributed by atoms with Crippen LogP contribution in [0.25, 0.3) is 0 Å². The highest BCUT2D eigenvalue weighted by atomic mass is 16.2. The van der Waals surface area contributed by atoms with E-state index in [1.807, 2.05) is 0 Å². The quantitative estimate of drug-likeness (QED) is 0.463. The summed E-state index contributed by atoms with van der Waals surface area (Å²) < 4.78 is 0. The third-order valence-corrected chi connectivity index (χ3v) is 1.84. The van der Waals surface area contributed by atoms with Crippen LogP contribution in [0.15, 0.2) is 15.0 Å². The van der Waals surface area contributed by atoms with Crippen molar-refractivity contribution in [3.8, 4) is 0 Å². The lowest BCUT2D eigenvalue weighted by molar-refractivity contribution is -0.121. The van der Waals surface area contributed by atoms with Gasteiger partial charge in [0.05, 0.1) is 6.21 Å². The molecule has 7 heteroatoms. The molecule has 2 aliphatic rings. The van der Waals surface area contributed by atoms with Gasteiger partial charge in [0.1, 0.15) is 5.71 Å². The molecule has 2 atom stereocenters. The zero-order valence-electron chi connectivity index (χ0n) is 7.04. The van der Waals surface area contributed by atoms with Crippen LogP contribution in [-0.2, 0) is 9.59 Å². The Hall–Kier alpha value is -2.05. The molecule has 7 nitrogen and oxygen atoms in total. The predicted octanol–water partition coefficient (Wildman–Crippen LogP) is -2.15. The number of hydrogen-bond acceptors (Lipinski definition) is 6.